The van der Waals surface area contributed by atoms with E-state index in [4.69, 9.17) is 14.3 Å². The van der Waals surface area contributed by atoms with Gasteiger partial charge >= 0.3 is 5.97 Å². The predicted molar refractivity (Wildman–Crippen MR) is 147 cm³/mol. The number of aromatic nitrogens is 2. The fraction of sp³-hybridized carbons (Fsp3) is 0.258. The molecule has 0 N–H and O–H groups in total. The van der Waals surface area contributed by atoms with Crippen LogP contribution in [-0.2, 0) is 33.8 Å². The number of esters is 1. The van der Waals surface area contributed by atoms with Gasteiger partial charge in [-0.1, -0.05) is 65.8 Å². The highest BCUT2D eigenvalue weighted by Crippen LogP contribution is 2.19. The van der Waals surface area contributed by atoms with E-state index in [0.29, 0.717) is 25.3 Å². The molecule has 0 aliphatic heterocycles. The average Bonchev–Trinajstić information content (AvgIpc) is 3.33. The molecule has 7 heteroatoms. The standard InChI is InChI=1S/C31H33N3O4/c1-23(33-38-22-26-10-6-4-7-11-26)30(31(35)36-3)20-25-14-16-29(17-15-25)37-19-18-27-21-32-34(24(27)2)28-12-8-5-9-13-28/h4-17,21,30H,18-20,22H2,1-3H3. The Kier molecular flexibility index (Phi) is 9.29. The van der Waals surface area contributed by atoms with Crippen LogP contribution in [0.1, 0.15) is 29.3 Å². The minimum atomic E-state index is -0.535. The Morgan fingerprint density at radius 2 is 1.63 bits per heavy atom. The zero-order chi connectivity index (χ0) is 26.7. The number of benzene rings is 3. The zero-order valence-electron chi connectivity index (χ0n) is 22.0. The minimum Gasteiger partial charge on any atom is -0.493 e. The van der Waals surface area contributed by atoms with Gasteiger partial charge in [0.15, 0.2) is 0 Å². The average molecular weight is 512 g/mol. The SMILES string of the molecule is COC(=O)C(Cc1ccc(OCCc2cnn(-c3ccccc3)c2C)cc1)C(C)=NOCc1ccccc1. The molecule has 0 saturated heterocycles. The lowest BCUT2D eigenvalue weighted by molar-refractivity contribution is -0.143. The van der Waals surface area contributed by atoms with Gasteiger partial charge in [0, 0.05) is 12.1 Å². The lowest BCUT2D eigenvalue weighted by atomic mass is 9.95. The molecule has 0 bridgehead atoms. The van der Waals surface area contributed by atoms with Crippen molar-refractivity contribution >= 4 is 11.7 Å². The molecule has 0 spiro atoms. The number of carbonyl (C=O) groups is 1. The summed E-state index contributed by atoms with van der Waals surface area (Å²) in [6.45, 7) is 4.73. The summed E-state index contributed by atoms with van der Waals surface area (Å²) in [5, 5.41) is 8.71. The van der Waals surface area contributed by atoms with E-state index in [1.54, 1.807) is 6.92 Å². The molecule has 3 aromatic carbocycles. The monoisotopic (exact) mass is 511 g/mol. The Morgan fingerprint density at radius 1 is 0.947 bits per heavy atom. The maximum absolute atomic E-state index is 12.5. The van der Waals surface area contributed by atoms with Crippen LogP contribution in [0.3, 0.4) is 0 Å². The Morgan fingerprint density at radius 3 is 2.32 bits per heavy atom. The number of carbonyl (C=O) groups excluding carboxylic acids is 1. The fourth-order valence-electron chi connectivity index (χ4n) is 4.15. The van der Waals surface area contributed by atoms with E-state index in [-0.39, 0.29) is 5.97 Å². The van der Waals surface area contributed by atoms with Crippen LogP contribution in [0.15, 0.2) is 96.3 Å². The van der Waals surface area contributed by atoms with Crippen molar-refractivity contribution in [2.75, 3.05) is 13.7 Å². The van der Waals surface area contributed by atoms with Gasteiger partial charge in [-0.05, 0) is 61.2 Å². The van der Waals surface area contributed by atoms with E-state index in [1.165, 1.54) is 7.11 Å². The molecule has 1 atom stereocenters. The summed E-state index contributed by atoms with van der Waals surface area (Å²) in [5.74, 6) is -0.110. The highest BCUT2D eigenvalue weighted by atomic mass is 16.6. The van der Waals surface area contributed by atoms with Crippen molar-refractivity contribution in [1.29, 1.82) is 0 Å². The van der Waals surface area contributed by atoms with Crippen molar-refractivity contribution in [3.05, 3.63) is 114 Å². The van der Waals surface area contributed by atoms with Gasteiger partial charge < -0.3 is 14.3 Å². The largest absolute Gasteiger partial charge is 0.493 e. The van der Waals surface area contributed by atoms with Crippen LogP contribution in [0, 0.1) is 12.8 Å². The van der Waals surface area contributed by atoms with E-state index in [0.717, 1.165) is 40.2 Å². The number of hydrogen-bond acceptors (Lipinski definition) is 6. The van der Waals surface area contributed by atoms with Crippen LogP contribution >= 0.6 is 0 Å². The Bertz CT molecular complexity index is 1330. The van der Waals surface area contributed by atoms with Gasteiger partial charge in [-0.2, -0.15) is 5.10 Å². The molecule has 1 heterocycles. The number of rotatable bonds is 12. The summed E-state index contributed by atoms with van der Waals surface area (Å²) in [7, 11) is 1.38. The maximum atomic E-state index is 12.5. The first-order valence-corrected chi connectivity index (χ1v) is 12.6. The summed E-state index contributed by atoms with van der Waals surface area (Å²) in [4.78, 5) is 17.9. The van der Waals surface area contributed by atoms with Gasteiger partial charge in [0.05, 0.1) is 31.3 Å². The molecule has 1 aromatic heterocycles. The van der Waals surface area contributed by atoms with Crippen molar-refractivity contribution in [1.82, 2.24) is 9.78 Å². The number of nitrogens with zero attached hydrogens (tertiary/aromatic N) is 3. The molecule has 7 nitrogen and oxygen atoms in total. The summed E-state index contributed by atoms with van der Waals surface area (Å²) < 4.78 is 12.9. The third-order valence-electron chi connectivity index (χ3n) is 6.39. The van der Waals surface area contributed by atoms with Crippen LogP contribution in [0.4, 0.5) is 0 Å². The first kappa shape index (κ1) is 26.7. The second-order valence-corrected chi connectivity index (χ2v) is 9.02. The summed E-state index contributed by atoms with van der Waals surface area (Å²) >= 11 is 0. The van der Waals surface area contributed by atoms with E-state index < -0.39 is 5.92 Å². The lowest BCUT2D eigenvalue weighted by Crippen LogP contribution is -2.26. The Labute approximate surface area is 223 Å². The second-order valence-electron chi connectivity index (χ2n) is 9.02. The molecule has 1 unspecified atom stereocenters. The van der Waals surface area contributed by atoms with Crippen LogP contribution in [0.5, 0.6) is 5.75 Å². The molecule has 38 heavy (non-hydrogen) atoms. The van der Waals surface area contributed by atoms with Crippen LogP contribution in [-0.4, -0.2) is 35.2 Å². The van der Waals surface area contributed by atoms with Crippen molar-refractivity contribution in [2.24, 2.45) is 11.1 Å². The summed E-state index contributed by atoms with van der Waals surface area (Å²) in [6, 6.07) is 27.6. The number of oxime groups is 1. The Hall–Kier alpha value is -4.39. The number of hydrogen-bond donors (Lipinski definition) is 0. The van der Waals surface area contributed by atoms with Crippen LogP contribution in [0.2, 0.25) is 0 Å². The van der Waals surface area contributed by atoms with Crippen molar-refractivity contribution in [3.63, 3.8) is 0 Å². The molecule has 4 aromatic rings. The van der Waals surface area contributed by atoms with Crippen molar-refractivity contribution < 1.29 is 19.1 Å². The van der Waals surface area contributed by atoms with Gasteiger partial charge in [-0.15, -0.1) is 0 Å². The molecule has 0 fully saturated rings. The van der Waals surface area contributed by atoms with E-state index in [1.807, 2.05) is 95.8 Å². The smallest absolute Gasteiger partial charge is 0.314 e. The van der Waals surface area contributed by atoms with Gasteiger partial charge in [-0.3, -0.25) is 4.79 Å². The third kappa shape index (κ3) is 7.09. The first-order valence-electron chi connectivity index (χ1n) is 12.6. The van der Waals surface area contributed by atoms with Crippen molar-refractivity contribution in [3.8, 4) is 11.4 Å². The quantitative estimate of drug-likeness (QED) is 0.138. The van der Waals surface area contributed by atoms with Gasteiger partial charge in [0.25, 0.3) is 0 Å². The Balaban J connectivity index is 1.31. The second kappa shape index (κ2) is 13.2. The van der Waals surface area contributed by atoms with Crippen LogP contribution < -0.4 is 4.74 Å². The first-order chi connectivity index (χ1) is 18.5. The molecular weight excluding hydrogens is 478 g/mol. The molecule has 0 saturated carbocycles. The van der Waals surface area contributed by atoms with Gasteiger partial charge in [0.1, 0.15) is 18.3 Å². The topological polar surface area (TPSA) is 74.9 Å². The molecule has 0 aliphatic rings. The molecule has 4 rings (SSSR count). The molecular formula is C31H33N3O4. The van der Waals surface area contributed by atoms with E-state index >= 15 is 0 Å². The van der Waals surface area contributed by atoms with Gasteiger partial charge in [0.2, 0.25) is 0 Å². The number of para-hydroxylation sites is 1. The highest BCUT2D eigenvalue weighted by Gasteiger charge is 2.24. The van der Waals surface area contributed by atoms with Crippen molar-refractivity contribution in [2.45, 2.75) is 33.3 Å². The minimum absolute atomic E-state index is 0.338. The predicted octanol–water partition coefficient (Wildman–Crippen LogP) is 5.73. The third-order valence-corrected chi connectivity index (χ3v) is 6.39. The summed E-state index contributed by atoms with van der Waals surface area (Å²) in [5.41, 5.74) is 5.85. The molecule has 0 amide bonds. The molecule has 0 radical (unpaired) electrons. The van der Waals surface area contributed by atoms with Crippen LogP contribution in [0.25, 0.3) is 5.69 Å². The zero-order valence-corrected chi connectivity index (χ0v) is 22.0. The van der Waals surface area contributed by atoms with Gasteiger partial charge in [-0.25, -0.2) is 4.68 Å². The summed E-state index contributed by atoms with van der Waals surface area (Å²) in [6.07, 6.45) is 3.10. The molecule has 0 aliphatic carbocycles. The fourth-order valence-corrected chi connectivity index (χ4v) is 4.15. The maximum Gasteiger partial charge on any atom is 0.314 e. The molecule has 196 valence electrons. The van der Waals surface area contributed by atoms with E-state index in [2.05, 4.69) is 17.2 Å². The lowest BCUT2D eigenvalue weighted by Gasteiger charge is -2.15. The highest BCUT2D eigenvalue weighted by molar-refractivity contribution is 6.00. The normalized spacial score (nSPS) is 12.1. The van der Waals surface area contributed by atoms with E-state index in [9.17, 15) is 4.79 Å². The number of ether oxygens (including phenoxy) is 2. The number of methoxy groups -OCH3 is 1.